The van der Waals surface area contributed by atoms with Crippen molar-refractivity contribution in [1.82, 2.24) is 4.98 Å². The van der Waals surface area contributed by atoms with Gasteiger partial charge in [-0.3, -0.25) is 9.78 Å². The summed E-state index contributed by atoms with van der Waals surface area (Å²) in [6, 6.07) is 9.21. The number of hydrogen-bond donors (Lipinski definition) is 1. The summed E-state index contributed by atoms with van der Waals surface area (Å²) in [6.45, 7) is 1.91. The van der Waals surface area contributed by atoms with Crippen molar-refractivity contribution in [3.8, 4) is 0 Å². The smallest absolute Gasteiger partial charge is 0.258 e. The van der Waals surface area contributed by atoms with Gasteiger partial charge < -0.3 is 10.6 Å². The third-order valence-corrected chi connectivity index (χ3v) is 2.87. The number of hydrogen-bond acceptors (Lipinski definition) is 3. The van der Waals surface area contributed by atoms with Crippen LogP contribution in [0.5, 0.6) is 0 Å². The second-order valence-corrected chi connectivity index (χ2v) is 4.11. The summed E-state index contributed by atoms with van der Waals surface area (Å²) in [7, 11) is 1.71. The summed E-state index contributed by atoms with van der Waals surface area (Å²) in [5, 5.41) is 0. The monoisotopic (exact) mass is 241 g/mol. The van der Waals surface area contributed by atoms with E-state index in [0.717, 1.165) is 5.56 Å². The Kier molecular flexibility index (Phi) is 3.28. The highest BCUT2D eigenvalue weighted by Crippen LogP contribution is 2.22. The first-order valence-corrected chi connectivity index (χ1v) is 5.64. The minimum atomic E-state index is -0.0778. The average molecular weight is 241 g/mol. The molecule has 4 heteroatoms. The van der Waals surface area contributed by atoms with Gasteiger partial charge >= 0.3 is 0 Å². The second kappa shape index (κ2) is 4.87. The van der Waals surface area contributed by atoms with Gasteiger partial charge in [0.05, 0.1) is 17.6 Å². The Bertz CT molecular complexity index is 581. The number of anilines is 2. The van der Waals surface area contributed by atoms with Crippen LogP contribution in [0.4, 0.5) is 11.4 Å². The first kappa shape index (κ1) is 12.1. The van der Waals surface area contributed by atoms with E-state index in [9.17, 15) is 4.79 Å². The molecule has 0 fully saturated rings. The summed E-state index contributed by atoms with van der Waals surface area (Å²) in [5.74, 6) is -0.0778. The van der Waals surface area contributed by atoms with Gasteiger partial charge in [-0.25, -0.2) is 0 Å². The maximum absolute atomic E-state index is 12.4. The predicted molar refractivity (Wildman–Crippen MR) is 72.6 cm³/mol. The third kappa shape index (κ3) is 2.18. The highest BCUT2D eigenvalue weighted by atomic mass is 16.2. The minimum absolute atomic E-state index is 0.0778. The van der Waals surface area contributed by atoms with Gasteiger partial charge in [0.2, 0.25) is 0 Å². The molecule has 92 valence electrons. The fourth-order valence-corrected chi connectivity index (χ4v) is 1.81. The number of nitrogen functional groups attached to an aromatic ring is 1. The maximum Gasteiger partial charge on any atom is 0.258 e. The van der Waals surface area contributed by atoms with Crippen LogP contribution in [0, 0.1) is 6.92 Å². The van der Waals surface area contributed by atoms with Crippen LogP contribution in [-0.2, 0) is 0 Å². The number of aromatic nitrogens is 1. The maximum atomic E-state index is 12.4. The SMILES string of the molecule is Cc1ccccc1C(=O)N(C)c1ccncc1N. The summed E-state index contributed by atoms with van der Waals surface area (Å²) in [4.78, 5) is 17.8. The molecule has 0 spiro atoms. The number of benzene rings is 1. The van der Waals surface area contributed by atoms with Crippen molar-refractivity contribution >= 4 is 17.3 Å². The van der Waals surface area contributed by atoms with Crippen molar-refractivity contribution in [2.75, 3.05) is 17.7 Å². The van der Waals surface area contributed by atoms with Crippen molar-refractivity contribution in [2.45, 2.75) is 6.92 Å². The van der Waals surface area contributed by atoms with Gasteiger partial charge in [0, 0.05) is 18.8 Å². The van der Waals surface area contributed by atoms with E-state index in [0.29, 0.717) is 16.9 Å². The van der Waals surface area contributed by atoms with E-state index in [1.54, 1.807) is 24.2 Å². The lowest BCUT2D eigenvalue weighted by Crippen LogP contribution is -2.27. The van der Waals surface area contributed by atoms with Crippen LogP contribution < -0.4 is 10.6 Å². The van der Waals surface area contributed by atoms with Gasteiger partial charge in [0.25, 0.3) is 5.91 Å². The summed E-state index contributed by atoms with van der Waals surface area (Å²) < 4.78 is 0. The van der Waals surface area contributed by atoms with Gasteiger partial charge in [-0.2, -0.15) is 0 Å². The normalized spacial score (nSPS) is 10.1. The molecular formula is C14H15N3O. The lowest BCUT2D eigenvalue weighted by Gasteiger charge is -2.19. The van der Waals surface area contributed by atoms with Crippen LogP contribution in [0.25, 0.3) is 0 Å². The Labute approximate surface area is 106 Å². The molecule has 0 aliphatic carbocycles. The number of aryl methyl sites for hydroxylation is 1. The van der Waals surface area contributed by atoms with Crippen LogP contribution in [0.2, 0.25) is 0 Å². The van der Waals surface area contributed by atoms with Crippen LogP contribution >= 0.6 is 0 Å². The fraction of sp³-hybridized carbons (Fsp3) is 0.143. The highest BCUT2D eigenvalue weighted by molar-refractivity contribution is 6.07. The number of carbonyl (C=O) groups excluding carboxylic acids is 1. The Balaban J connectivity index is 2.36. The molecule has 1 aromatic heterocycles. The molecule has 0 radical (unpaired) electrons. The third-order valence-electron chi connectivity index (χ3n) is 2.87. The number of nitrogens with zero attached hydrogens (tertiary/aromatic N) is 2. The van der Waals surface area contributed by atoms with Crippen LogP contribution in [0.15, 0.2) is 42.7 Å². The molecule has 0 unspecified atom stereocenters. The van der Waals surface area contributed by atoms with E-state index in [2.05, 4.69) is 4.98 Å². The Morgan fingerprint density at radius 3 is 2.67 bits per heavy atom. The number of nitrogens with two attached hydrogens (primary N) is 1. The van der Waals surface area contributed by atoms with E-state index in [1.165, 1.54) is 6.20 Å². The number of carbonyl (C=O) groups is 1. The Morgan fingerprint density at radius 1 is 1.28 bits per heavy atom. The molecule has 1 heterocycles. The molecule has 0 saturated carbocycles. The van der Waals surface area contributed by atoms with Gasteiger partial charge in [-0.15, -0.1) is 0 Å². The zero-order chi connectivity index (χ0) is 13.1. The van der Waals surface area contributed by atoms with Gasteiger partial charge in [-0.05, 0) is 24.6 Å². The van der Waals surface area contributed by atoms with Crippen molar-refractivity contribution < 1.29 is 4.79 Å². The molecule has 0 atom stereocenters. The number of amides is 1. The predicted octanol–water partition coefficient (Wildman–Crippen LogP) is 2.25. The lowest BCUT2D eigenvalue weighted by molar-refractivity contribution is 0.0992. The topological polar surface area (TPSA) is 59.2 Å². The molecule has 18 heavy (non-hydrogen) atoms. The first-order chi connectivity index (χ1) is 8.61. The van der Waals surface area contributed by atoms with E-state index < -0.39 is 0 Å². The van der Waals surface area contributed by atoms with Crippen LogP contribution in [-0.4, -0.2) is 17.9 Å². The Morgan fingerprint density at radius 2 is 2.00 bits per heavy atom. The Hall–Kier alpha value is -2.36. The van der Waals surface area contributed by atoms with Crippen molar-refractivity contribution in [3.63, 3.8) is 0 Å². The molecule has 0 aliphatic rings. The van der Waals surface area contributed by atoms with Gasteiger partial charge in [0.1, 0.15) is 0 Å². The lowest BCUT2D eigenvalue weighted by atomic mass is 10.1. The average Bonchev–Trinajstić information content (AvgIpc) is 2.38. The van der Waals surface area contributed by atoms with E-state index in [1.807, 2.05) is 31.2 Å². The summed E-state index contributed by atoms with van der Waals surface area (Å²) in [5.41, 5.74) is 8.60. The van der Waals surface area contributed by atoms with E-state index in [-0.39, 0.29) is 5.91 Å². The van der Waals surface area contributed by atoms with Crippen molar-refractivity contribution in [3.05, 3.63) is 53.9 Å². The highest BCUT2D eigenvalue weighted by Gasteiger charge is 2.16. The first-order valence-electron chi connectivity index (χ1n) is 5.64. The molecule has 4 nitrogen and oxygen atoms in total. The second-order valence-electron chi connectivity index (χ2n) is 4.11. The zero-order valence-corrected chi connectivity index (χ0v) is 10.4. The summed E-state index contributed by atoms with van der Waals surface area (Å²) >= 11 is 0. The van der Waals surface area contributed by atoms with Crippen molar-refractivity contribution in [2.24, 2.45) is 0 Å². The molecule has 0 bridgehead atoms. The molecule has 1 amide bonds. The summed E-state index contributed by atoms with van der Waals surface area (Å²) in [6.07, 6.45) is 3.16. The van der Waals surface area contributed by atoms with Gasteiger partial charge in [0.15, 0.2) is 0 Å². The zero-order valence-electron chi connectivity index (χ0n) is 10.4. The number of pyridine rings is 1. The molecular weight excluding hydrogens is 226 g/mol. The van der Waals surface area contributed by atoms with Crippen molar-refractivity contribution in [1.29, 1.82) is 0 Å². The molecule has 2 N–H and O–H groups in total. The fourth-order valence-electron chi connectivity index (χ4n) is 1.81. The van der Waals surface area contributed by atoms with E-state index in [4.69, 9.17) is 5.73 Å². The molecule has 0 aliphatic heterocycles. The number of rotatable bonds is 2. The largest absolute Gasteiger partial charge is 0.396 e. The van der Waals surface area contributed by atoms with Crippen LogP contribution in [0.1, 0.15) is 15.9 Å². The molecule has 1 aromatic carbocycles. The van der Waals surface area contributed by atoms with Gasteiger partial charge in [-0.1, -0.05) is 18.2 Å². The molecule has 0 saturated heterocycles. The standard InChI is InChI=1S/C14H15N3O/c1-10-5-3-4-6-11(10)14(18)17(2)13-7-8-16-9-12(13)15/h3-9H,15H2,1-2H3. The quantitative estimate of drug-likeness (QED) is 0.877. The van der Waals surface area contributed by atoms with E-state index >= 15 is 0 Å². The molecule has 2 aromatic rings. The van der Waals surface area contributed by atoms with Crippen LogP contribution in [0.3, 0.4) is 0 Å². The minimum Gasteiger partial charge on any atom is -0.396 e. The molecule has 2 rings (SSSR count).